The molecule has 0 fully saturated rings. The summed E-state index contributed by atoms with van der Waals surface area (Å²) < 4.78 is 12.5. The molecule has 2 heterocycles. The zero-order chi connectivity index (χ0) is 15.5. The van der Waals surface area contributed by atoms with Crippen LogP contribution in [-0.4, -0.2) is 46.7 Å². The van der Waals surface area contributed by atoms with E-state index in [1.807, 2.05) is 7.05 Å². The van der Waals surface area contributed by atoms with Crippen molar-refractivity contribution < 1.29 is 9.47 Å². The molecule has 22 heavy (non-hydrogen) atoms. The van der Waals surface area contributed by atoms with Gasteiger partial charge < -0.3 is 14.8 Å². The topological polar surface area (TPSA) is 74.1 Å². The van der Waals surface area contributed by atoms with E-state index in [1.165, 1.54) is 11.1 Å². The average molecular weight is 321 g/mol. The second-order valence-electron chi connectivity index (χ2n) is 5.06. The molecule has 1 aliphatic rings. The Morgan fingerprint density at radius 1 is 1.32 bits per heavy atom. The number of tetrazole rings is 1. The molecule has 1 aromatic heterocycles. The smallest absolute Gasteiger partial charge is 0.209 e. The van der Waals surface area contributed by atoms with Crippen LogP contribution in [0.1, 0.15) is 17.2 Å². The van der Waals surface area contributed by atoms with Crippen molar-refractivity contribution in [1.82, 2.24) is 25.5 Å². The summed E-state index contributed by atoms with van der Waals surface area (Å²) in [4.78, 5) is 0. The second-order valence-corrected chi connectivity index (χ2v) is 6.05. The van der Waals surface area contributed by atoms with Crippen LogP contribution in [0.3, 0.4) is 0 Å². The average Bonchev–Trinajstić information content (AvgIpc) is 2.96. The van der Waals surface area contributed by atoms with Crippen LogP contribution >= 0.6 is 11.8 Å². The van der Waals surface area contributed by atoms with Crippen molar-refractivity contribution in [3.05, 3.63) is 23.3 Å². The SMILES string of the molecule is COc1cc2c(cc1OC)C(CSc1nnnn1C)NCC2. The Morgan fingerprint density at radius 2 is 2.09 bits per heavy atom. The summed E-state index contributed by atoms with van der Waals surface area (Å²) in [5.41, 5.74) is 2.56. The molecule has 0 bridgehead atoms. The number of nitrogens with zero attached hydrogens (tertiary/aromatic N) is 4. The maximum absolute atomic E-state index is 5.42. The van der Waals surface area contributed by atoms with E-state index in [2.05, 4.69) is 33.0 Å². The number of thioether (sulfide) groups is 1. The molecule has 1 atom stereocenters. The number of aryl methyl sites for hydroxylation is 1. The van der Waals surface area contributed by atoms with E-state index in [0.29, 0.717) is 0 Å². The molecule has 0 saturated heterocycles. The number of rotatable bonds is 5. The molecule has 0 spiro atoms. The molecule has 118 valence electrons. The van der Waals surface area contributed by atoms with Crippen LogP contribution in [0.15, 0.2) is 17.3 Å². The van der Waals surface area contributed by atoms with Gasteiger partial charge in [-0.3, -0.25) is 0 Å². The van der Waals surface area contributed by atoms with Gasteiger partial charge in [-0.05, 0) is 46.7 Å². The number of fused-ring (bicyclic) bond motifs is 1. The van der Waals surface area contributed by atoms with Crippen LogP contribution in [0.25, 0.3) is 0 Å². The molecule has 3 rings (SSSR count). The lowest BCUT2D eigenvalue weighted by Gasteiger charge is -2.27. The van der Waals surface area contributed by atoms with Crippen molar-refractivity contribution in [2.75, 3.05) is 26.5 Å². The molecule has 0 amide bonds. The second kappa shape index (κ2) is 6.53. The first-order chi connectivity index (χ1) is 10.7. The number of nitrogens with one attached hydrogen (secondary N) is 1. The molecule has 0 radical (unpaired) electrons. The summed E-state index contributed by atoms with van der Waals surface area (Å²) in [5.74, 6) is 2.41. The summed E-state index contributed by atoms with van der Waals surface area (Å²) >= 11 is 1.64. The minimum Gasteiger partial charge on any atom is -0.493 e. The lowest BCUT2D eigenvalue weighted by molar-refractivity contribution is 0.352. The maximum Gasteiger partial charge on any atom is 0.209 e. The van der Waals surface area contributed by atoms with Gasteiger partial charge >= 0.3 is 0 Å². The number of hydrogen-bond donors (Lipinski definition) is 1. The van der Waals surface area contributed by atoms with Crippen molar-refractivity contribution in [3.63, 3.8) is 0 Å². The van der Waals surface area contributed by atoms with Crippen LogP contribution in [-0.2, 0) is 13.5 Å². The summed E-state index contributed by atoms with van der Waals surface area (Å²) in [6, 6.07) is 4.39. The number of hydrogen-bond acceptors (Lipinski definition) is 7. The van der Waals surface area contributed by atoms with Crippen molar-refractivity contribution in [2.45, 2.75) is 17.6 Å². The van der Waals surface area contributed by atoms with Gasteiger partial charge in [-0.2, -0.15) is 0 Å². The number of benzene rings is 1. The summed E-state index contributed by atoms with van der Waals surface area (Å²) in [5, 5.41) is 15.9. The highest BCUT2D eigenvalue weighted by Gasteiger charge is 2.23. The fraction of sp³-hybridized carbons (Fsp3) is 0.500. The molecule has 1 aliphatic heterocycles. The molecular weight excluding hydrogens is 302 g/mol. The van der Waals surface area contributed by atoms with Crippen LogP contribution in [0.2, 0.25) is 0 Å². The van der Waals surface area contributed by atoms with Crippen LogP contribution in [0.5, 0.6) is 11.5 Å². The highest BCUT2D eigenvalue weighted by Crippen LogP contribution is 2.36. The first-order valence-corrected chi connectivity index (χ1v) is 8.04. The largest absolute Gasteiger partial charge is 0.493 e. The van der Waals surface area contributed by atoms with Gasteiger partial charge in [0.25, 0.3) is 0 Å². The minimum atomic E-state index is 0.241. The Bertz CT molecular complexity index is 661. The normalized spacial score (nSPS) is 17.1. The highest BCUT2D eigenvalue weighted by molar-refractivity contribution is 7.99. The van der Waals surface area contributed by atoms with Crippen molar-refractivity contribution in [1.29, 1.82) is 0 Å². The van der Waals surface area contributed by atoms with E-state index in [-0.39, 0.29) is 6.04 Å². The summed E-state index contributed by atoms with van der Waals surface area (Å²) in [6.07, 6.45) is 0.988. The van der Waals surface area contributed by atoms with Crippen LogP contribution in [0.4, 0.5) is 0 Å². The van der Waals surface area contributed by atoms with E-state index in [1.54, 1.807) is 30.7 Å². The van der Waals surface area contributed by atoms with E-state index in [0.717, 1.165) is 35.4 Å². The standard InChI is InChI=1S/C14H19N5O2S/c1-19-14(16-17-18-19)22-8-11-10-7-13(21-3)12(20-2)6-9(10)4-5-15-11/h6-7,11,15H,4-5,8H2,1-3H3. The molecule has 7 nitrogen and oxygen atoms in total. The predicted molar refractivity (Wildman–Crippen MR) is 83.5 cm³/mol. The molecule has 1 unspecified atom stereocenters. The van der Waals surface area contributed by atoms with Gasteiger partial charge in [0.05, 0.1) is 14.2 Å². The molecular formula is C14H19N5O2S. The van der Waals surface area contributed by atoms with Crippen LogP contribution < -0.4 is 14.8 Å². The lowest BCUT2D eigenvalue weighted by atomic mass is 9.94. The first kappa shape index (κ1) is 15.1. The Labute approximate surface area is 133 Å². The van der Waals surface area contributed by atoms with Gasteiger partial charge in [0.15, 0.2) is 11.5 Å². The number of methoxy groups -OCH3 is 2. The third kappa shape index (κ3) is 2.89. The zero-order valence-electron chi connectivity index (χ0n) is 12.9. The first-order valence-electron chi connectivity index (χ1n) is 7.06. The van der Waals surface area contributed by atoms with Gasteiger partial charge in [0, 0.05) is 18.8 Å². The Kier molecular flexibility index (Phi) is 4.49. The van der Waals surface area contributed by atoms with Gasteiger partial charge in [-0.15, -0.1) is 5.10 Å². The van der Waals surface area contributed by atoms with E-state index < -0.39 is 0 Å². The number of ether oxygens (including phenoxy) is 2. The van der Waals surface area contributed by atoms with Gasteiger partial charge in [-0.25, -0.2) is 4.68 Å². The minimum absolute atomic E-state index is 0.241. The lowest BCUT2D eigenvalue weighted by Crippen LogP contribution is -2.31. The van der Waals surface area contributed by atoms with Crippen molar-refractivity contribution in [3.8, 4) is 11.5 Å². The highest BCUT2D eigenvalue weighted by atomic mass is 32.2. The molecule has 0 saturated carbocycles. The third-order valence-electron chi connectivity index (χ3n) is 3.77. The molecule has 0 aliphatic carbocycles. The fourth-order valence-corrected chi connectivity index (χ4v) is 3.55. The van der Waals surface area contributed by atoms with Gasteiger partial charge in [0.2, 0.25) is 5.16 Å². The quantitative estimate of drug-likeness (QED) is 0.830. The molecule has 8 heteroatoms. The molecule has 2 aromatic rings. The maximum atomic E-state index is 5.42. The van der Waals surface area contributed by atoms with E-state index in [9.17, 15) is 0 Å². The van der Waals surface area contributed by atoms with E-state index in [4.69, 9.17) is 9.47 Å². The fourth-order valence-electron chi connectivity index (χ4n) is 2.62. The summed E-state index contributed by atoms with van der Waals surface area (Å²) in [6.45, 7) is 0.949. The van der Waals surface area contributed by atoms with Crippen molar-refractivity contribution in [2.24, 2.45) is 7.05 Å². The Morgan fingerprint density at radius 3 is 2.77 bits per heavy atom. The van der Waals surface area contributed by atoms with E-state index >= 15 is 0 Å². The van der Waals surface area contributed by atoms with Gasteiger partial charge in [-0.1, -0.05) is 11.8 Å². The number of aromatic nitrogens is 4. The van der Waals surface area contributed by atoms with Crippen LogP contribution in [0, 0.1) is 0 Å². The molecule has 1 N–H and O–H groups in total. The van der Waals surface area contributed by atoms with Crippen molar-refractivity contribution >= 4 is 11.8 Å². The Hall–Kier alpha value is -1.80. The molecule has 1 aromatic carbocycles. The van der Waals surface area contributed by atoms with Gasteiger partial charge in [0.1, 0.15) is 0 Å². The monoisotopic (exact) mass is 321 g/mol. The zero-order valence-corrected chi connectivity index (χ0v) is 13.7. The Balaban J connectivity index is 1.82. The summed E-state index contributed by atoms with van der Waals surface area (Å²) in [7, 11) is 5.17. The predicted octanol–water partition coefficient (Wildman–Crippen LogP) is 1.21. The third-order valence-corrected chi connectivity index (χ3v) is 4.87.